The Hall–Kier alpha value is -2.08. The van der Waals surface area contributed by atoms with Crippen LogP contribution in [0.4, 0.5) is 0 Å². The predicted octanol–water partition coefficient (Wildman–Crippen LogP) is 3.68. The molecule has 0 spiro atoms. The molecule has 1 heterocycles. The van der Waals surface area contributed by atoms with E-state index in [0.29, 0.717) is 35.7 Å². The van der Waals surface area contributed by atoms with Gasteiger partial charge < -0.3 is 15.2 Å². The molecule has 3 rings (SSSR count). The van der Waals surface area contributed by atoms with Crippen LogP contribution in [-0.2, 0) is 6.42 Å². The topological polar surface area (TPSA) is 75.3 Å². The minimum atomic E-state index is 0.505. The second kappa shape index (κ2) is 9.03. The van der Waals surface area contributed by atoms with E-state index in [4.69, 9.17) is 16.1 Å². The summed E-state index contributed by atoms with van der Waals surface area (Å²) in [6.45, 7) is 3.00. The lowest BCUT2D eigenvalue weighted by atomic mass is 9.87. The van der Waals surface area contributed by atoms with Gasteiger partial charge in [-0.3, -0.25) is 4.99 Å². The average Bonchev–Trinajstić information content (AvgIpc) is 3.10. The van der Waals surface area contributed by atoms with E-state index >= 15 is 0 Å². The van der Waals surface area contributed by atoms with Crippen molar-refractivity contribution in [2.45, 2.75) is 45.1 Å². The van der Waals surface area contributed by atoms with E-state index in [0.717, 1.165) is 17.4 Å². The van der Waals surface area contributed by atoms with Gasteiger partial charge in [0.1, 0.15) is 0 Å². The minimum absolute atomic E-state index is 0.505. The largest absolute Gasteiger partial charge is 0.356 e. The first-order valence-electron chi connectivity index (χ1n) is 9.19. The Labute approximate surface area is 159 Å². The molecule has 2 unspecified atom stereocenters. The zero-order valence-electron chi connectivity index (χ0n) is 15.3. The normalized spacial score (nSPS) is 20.8. The third kappa shape index (κ3) is 5.21. The minimum Gasteiger partial charge on any atom is -0.356 e. The van der Waals surface area contributed by atoms with Crippen LogP contribution < -0.4 is 10.6 Å². The lowest BCUT2D eigenvalue weighted by Crippen LogP contribution is -2.45. The van der Waals surface area contributed by atoms with Crippen LogP contribution in [0.2, 0.25) is 5.02 Å². The Bertz CT molecular complexity index is 728. The highest BCUT2D eigenvalue weighted by Crippen LogP contribution is 2.23. The summed E-state index contributed by atoms with van der Waals surface area (Å²) in [5, 5.41) is 11.6. The van der Waals surface area contributed by atoms with Gasteiger partial charge in [0.05, 0.1) is 0 Å². The van der Waals surface area contributed by atoms with Crippen LogP contribution >= 0.6 is 11.6 Å². The average molecular weight is 376 g/mol. The van der Waals surface area contributed by atoms with Gasteiger partial charge in [0.25, 0.3) is 0 Å². The molecule has 0 amide bonds. The molecule has 1 aromatic heterocycles. The van der Waals surface area contributed by atoms with Crippen LogP contribution in [0.1, 0.15) is 38.5 Å². The standard InChI is InChI=1S/C19H26ClN5O/c1-13-4-3-5-16(12-13)23-19(21-2)22-11-10-17-24-18(25-26-17)14-6-8-15(20)9-7-14/h6-9,13,16H,3-5,10-12H2,1-2H3,(H2,21,22,23). The number of halogens is 1. The van der Waals surface area contributed by atoms with Crippen LogP contribution in [-0.4, -0.2) is 35.7 Å². The Kier molecular flexibility index (Phi) is 6.50. The molecule has 2 atom stereocenters. The Morgan fingerprint density at radius 2 is 2.12 bits per heavy atom. The number of hydrogen-bond donors (Lipinski definition) is 2. The number of aromatic nitrogens is 2. The molecule has 1 aliphatic carbocycles. The van der Waals surface area contributed by atoms with Gasteiger partial charge in [0, 0.05) is 36.6 Å². The molecule has 0 bridgehead atoms. The van der Waals surface area contributed by atoms with Crippen molar-refractivity contribution in [3.05, 3.63) is 35.2 Å². The lowest BCUT2D eigenvalue weighted by molar-refractivity contribution is 0.324. The molecule has 2 aromatic rings. The van der Waals surface area contributed by atoms with Crippen LogP contribution in [0.3, 0.4) is 0 Å². The molecular formula is C19H26ClN5O. The summed E-state index contributed by atoms with van der Waals surface area (Å²) in [5.41, 5.74) is 0.890. The van der Waals surface area contributed by atoms with Crippen molar-refractivity contribution >= 4 is 17.6 Å². The summed E-state index contributed by atoms with van der Waals surface area (Å²) in [7, 11) is 1.80. The van der Waals surface area contributed by atoms with Crippen molar-refractivity contribution in [1.82, 2.24) is 20.8 Å². The smallest absolute Gasteiger partial charge is 0.228 e. The monoisotopic (exact) mass is 375 g/mol. The maximum atomic E-state index is 5.90. The number of nitrogens with zero attached hydrogens (tertiary/aromatic N) is 3. The fourth-order valence-corrected chi connectivity index (χ4v) is 3.44. The SMILES string of the molecule is CN=C(NCCc1nc(-c2ccc(Cl)cc2)no1)NC1CCCC(C)C1. The van der Waals surface area contributed by atoms with Crippen molar-refractivity contribution in [2.75, 3.05) is 13.6 Å². The van der Waals surface area contributed by atoms with E-state index in [1.165, 1.54) is 25.7 Å². The van der Waals surface area contributed by atoms with Crippen LogP contribution in [0.15, 0.2) is 33.8 Å². The number of benzene rings is 1. The Morgan fingerprint density at radius 3 is 2.85 bits per heavy atom. The van der Waals surface area contributed by atoms with Gasteiger partial charge in [0.15, 0.2) is 5.96 Å². The van der Waals surface area contributed by atoms with Crippen LogP contribution in [0.5, 0.6) is 0 Å². The maximum Gasteiger partial charge on any atom is 0.228 e. The maximum absolute atomic E-state index is 5.90. The van der Waals surface area contributed by atoms with Crippen molar-refractivity contribution in [3.63, 3.8) is 0 Å². The molecule has 7 heteroatoms. The van der Waals surface area contributed by atoms with E-state index in [2.05, 4.69) is 32.7 Å². The van der Waals surface area contributed by atoms with Crippen molar-refractivity contribution in [3.8, 4) is 11.4 Å². The Balaban J connectivity index is 1.47. The number of rotatable bonds is 5. The molecule has 6 nitrogen and oxygen atoms in total. The van der Waals surface area contributed by atoms with E-state index in [1.807, 2.05) is 24.3 Å². The van der Waals surface area contributed by atoms with Crippen molar-refractivity contribution in [2.24, 2.45) is 10.9 Å². The molecule has 1 fully saturated rings. The predicted molar refractivity (Wildman–Crippen MR) is 104 cm³/mol. The van der Waals surface area contributed by atoms with Gasteiger partial charge in [-0.1, -0.05) is 36.5 Å². The van der Waals surface area contributed by atoms with Gasteiger partial charge in [-0.2, -0.15) is 4.98 Å². The molecular weight excluding hydrogens is 350 g/mol. The van der Waals surface area contributed by atoms with Crippen molar-refractivity contribution < 1.29 is 4.52 Å². The van der Waals surface area contributed by atoms with Crippen LogP contribution in [0.25, 0.3) is 11.4 Å². The third-order valence-electron chi connectivity index (χ3n) is 4.70. The third-order valence-corrected chi connectivity index (χ3v) is 4.95. The van der Waals surface area contributed by atoms with E-state index in [-0.39, 0.29) is 0 Å². The highest BCUT2D eigenvalue weighted by Gasteiger charge is 2.19. The highest BCUT2D eigenvalue weighted by molar-refractivity contribution is 6.30. The molecule has 0 saturated heterocycles. The fraction of sp³-hybridized carbons (Fsp3) is 0.526. The molecule has 1 aliphatic rings. The molecule has 1 aromatic carbocycles. The lowest BCUT2D eigenvalue weighted by Gasteiger charge is -2.28. The Morgan fingerprint density at radius 1 is 1.31 bits per heavy atom. The fourth-order valence-electron chi connectivity index (χ4n) is 3.31. The van der Waals surface area contributed by atoms with Gasteiger partial charge >= 0.3 is 0 Å². The second-order valence-electron chi connectivity index (χ2n) is 6.88. The van der Waals surface area contributed by atoms with E-state index < -0.39 is 0 Å². The molecule has 0 aliphatic heterocycles. The zero-order valence-corrected chi connectivity index (χ0v) is 16.1. The first kappa shape index (κ1) is 18.7. The van der Waals surface area contributed by atoms with Gasteiger partial charge in [-0.05, 0) is 43.0 Å². The van der Waals surface area contributed by atoms with Gasteiger partial charge in [-0.25, -0.2) is 0 Å². The summed E-state index contributed by atoms with van der Waals surface area (Å²) in [5.74, 6) is 2.80. The van der Waals surface area contributed by atoms with Crippen LogP contribution in [0, 0.1) is 5.92 Å². The summed E-state index contributed by atoms with van der Waals surface area (Å²) in [4.78, 5) is 8.75. The second-order valence-corrected chi connectivity index (χ2v) is 7.32. The molecule has 140 valence electrons. The van der Waals surface area contributed by atoms with Gasteiger partial charge in [0.2, 0.25) is 11.7 Å². The molecule has 1 saturated carbocycles. The summed E-state index contributed by atoms with van der Waals surface area (Å²) >= 11 is 5.90. The number of aliphatic imine (C=N–C) groups is 1. The molecule has 0 radical (unpaired) electrons. The van der Waals surface area contributed by atoms with E-state index in [9.17, 15) is 0 Å². The number of nitrogens with one attached hydrogen (secondary N) is 2. The van der Waals surface area contributed by atoms with Crippen molar-refractivity contribution in [1.29, 1.82) is 0 Å². The van der Waals surface area contributed by atoms with E-state index in [1.54, 1.807) is 7.05 Å². The summed E-state index contributed by atoms with van der Waals surface area (Å²) < 4.78 is 5.33. The molecule has 26 heavy (non-hydrogen) atoms. The zero-order chi connectivity index (χ0) is 18.4. The quantitative estimate of drug-likeness (QED) is 0.616. The highest BCUT2D eigenvalue weighted by atomic mass is 35.5. The number of hydrogen-bond acceptors (Lipinski definition) is 4. The first-order chi connectivity index (χ1) is 12.6. The summed E-state index contributed by atoms with van der Waals surface area (Å²) in [6.07, 6.45) is 5.67. The molecule has 2 N–H and O–H groups in total. The number of guanidine groups is 1. The van der Waals surface area contributed by atoms with Gasteiger partial charge in [-0.15, -0.1) is 0 Å². The summed E-state index contributed by atoms with van der Waals surface area (Å²) in [6, 6.07) is 7.90. The first-order valence-corrected chi connectivity index (χ1v) is 9.57.